The Kier molecular flexibility index (Phi) is 3.29. The van der Waals surface area contributed by atoms with Gasteiger partial charge in [0.25, 0.3) is 0 Å². The number of aryl methyl sites for hydroxylation is 3. The molecule has 108 valence electrons. The molecule has 3 aromatic rings. The summed E-state index contributed by atoms with van der Waals surface area (Å²) in [4.78, 5) is 17.9. The topological polar surface area (TPSA) is 43.6 Å². The number of ether oxygens (including phenoxy) is 1. The molecule has 4 nitrogen and oxygen atoms in total. The van der Waals surface area contributed by atoms with E-state index >= 15 is 0 Å². The van der Waals surface area contributed by atoms with Crippen LogP contribution in [0.25, 0.3) is 16.2 Å². The minimum Gasteiger partial charge on any atom is -0.496 e. The van der Waals surface area contributed by atoms with E-state index in [4.69, 9.17) is 4.74 Å². The van der Waals surface area contributed by atoms with E-state index in [-0.39, 0.29) is 0 Å². The fraction of sp³-hybridized carbons (Fsp3) is 0.250. The number of carbonyl (C=O) groups is 1. The molecule has 0 aliphatic heterocycles. The third-order valence-electron chi connectivity index (χ3n) is 3.65. The first-order chi connectivity index (χ1) is 10.1. The molecule has 5 heteroatoms. The molecule has 0 radical (unpaired) electrons. The number of imidazole rings is 1. The molecule has 0 amide bonds. The second kappa shape index (κ2) is 5.00. The highest BCUT2D eigenvalue weighted by Crippen LogP contribution is 2.34. The molecule has 0 fully saturated rings. The van der Waals surface area contributed by atoms with Crippen LogP contribution in [-0.2, 0) is 0 Å². The first-order valence-corrected chi connectivity index (χ1v) is 7.47. The van der Waals surface area contributed by atoms with Crippen LogP contribution in [0.5, 0.6) is 5.75 Å². The van der Waals surface area contributed by atoms with Gasteiger partial charge in [0, 0.05) is 10.4 Å². The zero-order valence-electron chi connectivity index (χ0n) is 12.4. The minimum atomic E-state index is 0.623. The minimum absolute atomic E-state index is 0.623. The van der Waals surface area contributed by atoms with Gasteiger partial charge in [0.15, 0.2) is 11.2 Å². The Labute approximate surface area is 127 Å². The van der Waals surface area contributed by atoms with Crippen LogP contribution in [0.1, 0.15) is 26.6 Å². The SMILES string of the molecule is COc1ccc(-c2c(C)sc3nc(C)c(C=O)n23)cc1C. The van der Waals surface area contributed by atoms with Crippen LogP contribution in [0.2, 0.25) is 0 Å². The number of nitrogens with zero attached hydrogens (tertiary/aromatic N) is 2. The summed E-state index contributed by atoms with van der Waals surface area (Å²) < 4.78 is 7.26. The summed E-state index contributed by atoms with van der Waals surface area (Å²) in [5.41, 5.74) is 4.56. The van der Waals surface area contributed by atoms with Crippen LogP contribution in [0.15, 0.2) is 18.2 Å². The average Bonchev–Trinajstić information content (AvgIpc) is 2.91. The van der Waals surface area contributed by atoms with Crippen LogP contribution >= 0.6 is 11.3 Å². The monoisotopic (exact) mass is 300 g/mol. The second-order valence-electron chi connectivity index (χ2n) is 5.01. The predicted octanol–water partition coefficient (Wildman–Crippen LogP) is 3.81. The Morgan fingerprint density at radius 2 is 2.05 bits per heavy atom. The lowest BCUT2D eigenvalue weighted by Gasteiger charge is -2.08. The molecule has 0 saturated carbocycles. The largest absolute Gasteiger partial charge is 0.496 e. The van der Waals surface area contributed by atoms with Crippen molar-refractivity contribution < 1.29 is 9.53 Å². The van der Waals surface area contributed by atoms with Crippen molar-refractivity contribution in [3.63, 3.8) is 0 Å². The normalized spacial score (nSPS) is 11.0. The lowest BCUT2D eigenvalue weighted by molar-refractivity contribution is 0.111. The summed E-state index contributed by atoms with van der Waals surface area (Å²) >= 11 is 1.60. The van der Waals surface area contributed by atoms with Gasteiger partial charge in [0.2, 0.25) is 0 Å². The van der Waals surface area contributed by atoms with Crippen LogP contribution < -0.4 is 4.74 Å². The summed E-state index contributed by atoms with van der Waals surface area (Å²) in [5.74, 6) is 0.861. The molecule has 0 spiro atoms. The maximum Gasteiger partial charge on any atom is 0.195 e. The van der Waals surface area contributed by atoms with E-state index in [1.807, 2.05) is 30.4 Å². The summed E-state index contributed by atoms with van der Waals surface area (Å²) in [6.07, 6.45) is 0.876. The number of benzene rings is 1. The number of methoxy groups -OCH3 is 1. The number of aromatic nitrogens is 2. The molecule has 0 aliphatic rings. The molecule has 2 aromatic heterocycles. The number of fused-ring (bicyclic) bond motifs is 1. The molecule has 2 heterocycles. The fourth-order valence-corrected chi connectivity index (χ4v) is 3.68. The van der Waals surface area contributed by atoms with E-state index in [0.717, 1.165) is 44.4 Å². The van der Waals surface area contributed by atoms with E-state index in [2.05, 4.69) is 18.0 Å². The van der Waals surface area contributed by atoms with Crippen LogP contribution in [0.4, 0.5) is 0 Å². The number of hydrogen-bond acceptors (Lipinski definition) is 4. The summed E-state index contributed by atoms with van der Waals surface area (Å²) in [6, 6.07) is 6.06. The van der Waals surface area contributed by atoms with E-state index in [9.17, 15) is 4.79 Å². The van der Waals surface area contributed by atoms with E-state index in [1.165, 1.54) is 0 Å². The fourth-order valence-electron chi connectivity index (χ4n) is 2.64. The zero-order valence-corrected chi connectivity index (χ0v) is 13.2. The van der Waals surface area contributed by atoms with E-state index in [0.29, 0.717) is 5.69 Å². The molecular formula is C16H16N2O2S. The smallest absolute Gasteiger partial charge is 0.195 e. The average molecular weight is 300 g/mol. The molecular weight excluding hydrogens is 284 g/mol. The van der Waals surface area contributed by atoms with Gasteiger partial charge in [-0.05, 0) is 44.5 Å². The maximum atomic E-state index is 11.4. The Hall–Kier alpha value is -2.14. The lowest BCUT2D eigenvalue weighted by atomic mass is 10.1. The van der Waals surface area contributed by atoms with Crippen LogP contribution in [0.3, 0.4) is 0 Å². The van der Waals surface area contributed by atoms with Crippen molar-refractivity contribution in [3.8, 4) is 17.0 Å². The molecule has 0 N–H and O–H groups in total. The molecule has 0 saturated heterocycles. The zero-order chi connectivity index (χ0) is 15.1. The molecule has 0 aliphatic carbocycles. The summed E-state index contributed by atoms with van der Waals surface area (Å²) in [5, 5.41) is 0. The first kappa shape index (κ1) is 13.8. The number of hydrogen-bond donors (Lipinski definition) is 0. The molecule has 21 heavy (non-hydrogen) atoms. The third kappa shape index (κ3) is 2.05. The van der Waals surface area contributed by atoms with Crippen molar-refractivity contribution in [3.05, 3.63) is 40.0 Å². The number of aldehydes is 1. The predicted molar refractivity (Wildman–Crippen MR) is 84.7 cm³/mol. The van der Waals surface area contributed by atoms with Gasteiger partial charge in [-0.3, -0.25) is 9.20 Å². The number of thiazole rings is 1. The van der Waals surface area contributed by atoms with Gasteiger partial charge in [-0.1, -0.05) is 0 Å². The molecule has 1 aromatic carbocycles. The Bertz CT molecular complexity index is 846. The molecule has 3 rings (SSSR count). The highest BCUT2D eigenvalue weighted by molar-refractivity contribution is 7.17. The second-order valence-corrected chi connectivity index (χ2v) is 6.19. The standard InChI is InChI=1S/C16H16N2O2S/c1-9-7-12(5-6-14(9)20-4)15-11(3)21-16-17-10(2)13(8-19)18(15)16/h5-8H,1-4H3. The Morgan fingerprint density at radius 1 is 1.29 bits per heavy atom. The highest BCUT2D eigenvalue weighted by Gasteiger charge is 2.18. The molecule has 0 atom stereocenters. The quantitative estimate of drug-likeness (QED) is 0.691. The number of carbonyl (C=O) groups excluding carboxylic acids is 1. The summed E-state index contributed by atoms with van der Waals surface area (Å²) in [7, 11) is 1.67. The van der Waals surface area contributed by atoms with E-state index in [1.54, 1.807) is 18.4 Å². The van der Waals surface area contributed by atoms with Crippen molar-refractivity contribution in [1.82, 2.24) is 9.38 Å². The summed E-state index contributed by atoms with van der Waals surface area (Å²) in [6.45, 7) is 5.93. The van der Waals surface area contributed by atoms with Crippen molar-refractivity contribution in [2.45, 2.75) is 20.8 Å². The van der Waals surface area contributed by atoms with Gasteiger partial charge < -0.3 is 4.74 Å². The van der Waals surface area contributed by atoms with Gasteiger partial charge in [-0.15, -0.1) is 11.3 Å². The van der Waals surface area contributed by atoms with Gasteiger partial charge >= 0.3 is 0 Å². The van der Waals surface area contributed by atoms with E-state index < -0.39 is 0 Å². The lowest BCUT2D eigenvalue weighted by Crippen LogP contribution is -1.96. The van der Waals surface area contributed by atoms with Crippen molar-refractivity contribution >= 4 is 22.6 Å². The van der Waals surface area contributed by atoms with Crippen molar-refractivity contribution in [1.29, 1.82) is 0 Å². The van der Waals surface area contributed by atoms with Gasteiger partial charge in [0.1, 0.15) is 11.4 Å². The molecule has 0 bridgehead atoms. The van der Waals surface area contributed by atoms with Gasteiger partial charge in [0.05, 0.1) is 18.5 Å². The number of rotatable bonds is 3. The van der Waals surface area contributed by atoms with Gasteiger partial charge in [-0.25, -0.2) is 4.98 Å². The van der Waals surface area contributed by atoms with Crippen LogP contribution in [-0.4, -0.2) is 22.8 Å². The van der Waals surface area contributed by atoms with Crippen molar-refractivity contribution in [2.75, 3.05) is 7.11 Å². The van der Waals surface area contributed by atoms with Crippen molar-refractivity contribution in [2.24, 2.45) is 0 Å². The Balaban J connectivity index is 2.31. The molecule has 0 unspecified atom stereocenters. The highest BCUT2D eigenvalue weighted by atomic mass is 32.1. The first-order valence-electron chi connectivity index (χ1n) is 6.65. The maximum absolute atomic E-state index is 11.4. The third-order valence-corrected chi connectivity index (χ3v) is 4.60. The Morgan fingerprint density at radius 3 is 2.67 bits per heavy atom. The van der Waals surface area contributed by atoms with Gasteiger partial charge in [-0.2, -0.15) is 0 Å². The van der Waals surface area contributed by atoms with Crippen LogP contribution in [0, 0.1) is 20.8 Å².